The summed E-state index contributed by atoms with van der Waals surface area (Å²) in [5.41, 5.74) is 7.60. The van der Waals surface area contributed by atoms with Gasteiger partial charge in [-0.2, -0.15) is 0 Å². The number of anilines is 1. The normalized spacial score (nSPS) is 21.6. The van der Waals surface area contributed by atoms with Crippen LogP contribution in [0.5, 0.6) is 0 Å². The van der Waals surface area contributed by atoms with Gasteiger partial charge in [0.15, 0.2) is 5.84 Å². The standard InChI is InChI=1S/C22H25Cl2N9O2/c1-11-12(2)30-21(29-11)15-10-28-22(32-19(15)14-4-3-13(23)9-16(14)24)27-8-7-26-18-6-5-17(33(34)35)20(25)31-18/h3-5,9-12,18,26H,6-8H2,1-2H3,(H2,25,31)(H,29,30)(H,27,28,32). The van der Waals surface area contributed by atoms with E-state index in [1.54, 1.807) is 18.3 Å². The summed E-state index contributed by atoms with van der Waals surface area (Å²) in [4.78, 5) is 28.4. The van der Waals surface area contributed by atoms with Crippen molar-refractivity contribution >= 4 is 40.8 Å². The van der Waals surface area contributed by atoms with Crippen LogP contribution in [0, 0.1) is 10.1 Å². The molecule has 3 unspecified atom stereocenters. The van der Waals surface area contributed by atoms with Crippen molar-refractivity contribution in [3.8, 4) is 11.3 Å². The number of nitrogens with zero attached hydrogens (tertiary/aromatic N) is 5. The van der Waals surface area contributed by atoms with Gasteiger partial charge in [0.1, 0.15) is 12.0 Å². The van der Waals surface area contributed by atoms with Crippen molar-refractivity contribution in [3.05, 3.63) is 61.9 Å². The fourth-order valence-corrected chi connectivity index (χ4v) is 4.19. The number of aliphatic imine (C=N–C) groups is 2. The SMILES string of the molecule is CC1N=C(c2cnc(NCCNC3CC=C([N+](=O)[O-])C(N)=N3)nc2-c2ccc(Cl)cc2Cl)NC1C. The molecule has 1 aromatic heterocycles. The first-order valence-corrected chi connectivity index (χ1v) is 11.8. The third kappa shape index (κ3) is 5.69. The second-order valence-electron chi connectivity index (χ2n) is 8.22. The first kappa shape index (κ1) is 24.8. The lowest BCUT2D eigenvalue weighted by atomic mass is 10.1. The van der Waals surface area contributed by atoms with E-state index in [1.165, 1.54) is 6.08 Å². The highest BCUT2D eigenvalue weighted by molar-refractivity contribution is 6.36. The van der Waals surface area contributed by atoms with E-state index >= 15 is 0 Å². The Balaban J connectivity index is 1.47. The van der Waals surface area contributed by atoms with Crippen molar-refractivity contribution < 1.29 is 4.92 Å². The highest BCUT2D eigenvalue weighted by atomic mass is 35.5. The fraction of sp³-hybridized carbons (Fsp3) is 0.364. The van der Waals surface area contributed by atoms with E-state index in [0.29, 0.717) is 52.6 Å². The van der Waals surface area contributed by atoms with Gasteiger partial charge in [0, 0.05) is 48.4 Å². The first-order chi connectivity index (χ1) is 16.7. The van der Waals surface area contributed by atoms with E-state index in [1.807, 2.05) is 13.0 Å². The predicted molar refractivity (Wildman–Crippen MR) is 138 cm³/mol. The summed E-state index contributed by atoms with van der Waals surface area (Å²) in [6.45, 7) is 5.10. The molecule has 0 radical (unpaired) electrons. The molecule has 5 N–H and O–H groups in total. The zero-order chi connectivity index (χ0) is 25.1. The van der Waals surface area contributed by atoms with E-state index in [9.17, 15) is 10.1 Å². The first-order valence-electron chi connectivity index (χ1n) is 11.1. The number of aromatic nitrogens is 2. The number of rotatable bonds is 8. The Labute approximate surface area is 212 Å². The summed E-state index contributed by atoms with van der Waals surface area (Å²) in [6.07, 6.45) is 3.24. The third-order valence-corrected chi connectivity index (χ3v) is 6.28. The van der Waals surface area contributed by atoms with Crippen LogP contribution in [0.1, 0.15) is 25.8 Å². The molecule has 1 aromatic carbocycles. The minimum atomic E-state index is -0.532. The molecule has 4 rings (SSSR count). The predicted octanol–water partition coefficient (Wildman–Crippen LogP) is 2.83. The van der Waals surface area contributed by atoms with Gasteiger partial charge in [-0.3, -0.25) is 20.4 Å². The summed E-state index contributed by atoms with van der Waals surface area (Å²) in [5.74, 6) is 1.05. The average molecular weight is 518 g/mol. The number of halogens is 2. The zero-order valence-electron chi connectivity index (χ0n) is 19.1. The van der Waals surface area contributed by atoms with Gasteiger partial charge in [-0.15, -0.1) is 0 Å². The molecule has 2 aliphatic rings. The number of amidine groups is 2. The van der Waals surface area contributed by atoms with Crippen LogP contribution in [0.3, 0.4) is 0 Å². The van der Waals surface area contributed by atoms with Gasteiger partial charge in [0.25, 0.3) is 0 Å². The summed E-state index contributed by atoms with van der Waals surface area (Å²) in [5, 5.41) is 21.7. The Hall–Kier alpha value is -3.28. The minimum absolute atomic E-state index is 0.0813. The Morgan fingerprint density at radius 2 is 2.03 bits per heavy atom. The molecule has 0 amide bonds. The van der Waals surface area contributed by atoms with Crippen molar-refractivity contribution in [2.75, 3.05) is 18.4 Å². The maximum atomic E-state index is 10.9. The number of nitro groups is 1. The molecule has 11 nitrogen and oxygen atoms in total. The Kier molecular flexibility index (Phi) is 7.48. The molecule has 0 saturated carbocycles. The van der Waals surface area contributed by atoms with Crippen LogP contribution >= 0.6 is 23.2 Å². The summed E-state index contributed by atoms with van der Waals surface area (Å²) >= 11 is 12.6. The minimum Gasteiger partial charge on any atom is -0.378 e. The van der Waals surface area contributed by atoms with E-state index in [-0.39, 0.29) is 29.8 Å². The molecular formula is C22H25Cl2N9O2. The molecule has 0 bridgehead atoms. The number of nitrogens with one attached hydrogen (secondary N) is 3. The maximum Gasteiger partial charge on any atom is 0.306 e. The molecule has 0 aliphatic carbocycles. The van der Waals surface area contributed by atoms with Gasteiger partial charge in [-0.05, 0) is 32.0 Å². The molecule has 2 aliphatic heterocycles. The summed E-state index contributed by atoms with van der Waals surface area (Å²) in [7, 11) is 0. The smallest absolute Gasteiger partial charge is 0.306 e. The van der Waals surface area contributed by atoms with E-state index in [2.05, 4.69) is 32.9 Å². The second-order valence-corrected chi connectivity index (χ2v) is 9.07. The molecule has 0 spiro atoms. The van der Waals surface area contributed by atoms with Crippen molar-refractivity contribution in [2.45, 2.75) is 38.5 Å². The van der Waals surface area contributed by atoms with E-state index in [0.717, 1.165) is 5.56 Å². The Morgan fingerprint density at radius 3 is 2.69 bits per heavy atom. The quantitative estimate of drug-likeness (QED) is 0.236. The lowest BCUT2D eigenvalue weighted by Crippen LogP contribution is -2.37. The summed E-state index contributed by atoms with van der Waals surface area (Å²) < 4.78 is 0. The van der Waals surface area contributed by atoms with Crippen LogP contribution in [-0.4, -0.2) is 57.9 Å². The van der Waals surface area contributed by atoms with Gasteiger partial charge < -0.3 is 16.4 Å². The molecule has 35 heavy (non-hydrogen) atoms. The molecular weight excluding hydrogens is 493 g/mol. The highest BCUT2D eigenvalue weighted by Crippen LogP contribution is 2.32. The van der Waals surface area contributed by atoms with Gasteiger partial charge in [-0.1, -0.05) is 23.2 Å². The Bertz CT molecular complexity index is 1230. The Morgan fingerprint density at radius 1 is 1.23 bits per heavy atom. The van der Waals surface area contributed by atoms with Crippen LogP contribution in [0.15, 0.2) is 46.2 Å². The molecule has 3 heterocycles. The van der Waals surface area contributed by atoms with Crippen LogP contribution in [0.25, 0.3) is 11.3 Å². The number of dihydropyridines is 1. The van der Waals surface area contributed by atoms with E-state index < -0.39 is 4.92 Å². The number of hydrogen-bond acceptors (Lipinski definition) is 10. The maximum absolute atomic E-state index is 10.9. The number of hydrogen-bond donors (Lipinski definition) is 4. The topological polar surface area (TPSA) is 156 Å². The lowest BCUT2D eigenvalue weighted by molar-refractivity contribution is -0.415. The van der Waals surface area contributed by atoms with Gasteiger partial charge in [0.2, 0.25) is 5.95 Å². The molecule has 0 saturated heterocycles. The van der Waals surface area contributed by atoms with Crippen molar-refractivity contribution in [2.24, 2.45) is 15.7 Å². The van der Waals surface area contributed by atoms with Gasteiger partial charge >= 0.3 is 5.70 Å². The number of benzene rings is 1. The molecule has 184 valence electrons. The van der Waals surface area contributed by atoms with E-state index in [4.69, 9.17) is 38.9 Å². The number of nitrogens with two attached hydrogens (primary N) is 1. The van der Waals surface area contributed by atoms with Gasteiger partial charge in [0.05, 0.1) is 27.2 Å². The molecule has 2 aromatic rings. The monoisotopic (exact) mass is 517 g/mol. The van der Waals surface area contributed by atoms with Crippen LogP contribution < -0.4 is 21.7 Å². The molecule has 0 fully saturated rings. The lowest BCUT2D eigenvalue weighted by Gasteiger charge is -2.17. The van der Waals surface area contributed by atoms with Crippen LogP contribution in [0.2, 0.25) is 10.0 Å². The average Bonchev–Trinajstić information content (AvgIpc) is 3.14. The molecule has 3 atom stereocenters. The largest absolute Gasteiger partial charge is 0.378 e. The third-order valence-electron chi connectivity index (χ3n) is 5.73. The van der Waals surface area contributed by atoms with Crippen molar-refractivity contribution in [1.82, 2.24) is 20.6 Å². The molecule has 13 heteroatoms. The van der Waals surface area contributed by atoms with Crippen molar-refractivity contribution in [1.29, 1.82) is 0 Å². The zero-order valence-corrected chi connectivity index (χ0v) is 20.6. The highest BCUT2D eigenvalue weighted by Gasteiger charge is 2.26. The fourth-order valence-electron chi connectivity index (χ4n) is 3.69. The second kappa shape index (κ2) is 10.5. The van der Waals surface area contributed by atoms with Crippen molar-refractivity contribution in [3.63, 3.8) is 0 Å². The van der Waals surface area contributed by atoms with Crippen LogP contribution in [0.4, 0.5) is 5.95 Å². The summed E-state index contributed by atoms with van der Waals surface area (Å²) in [6, 6.07) is 5.56. The van der Waals surface area contributed by atoms with Gasteiger partial charge in [-0.25, -0.2) is 15.0 Å². The van der Waals surface area contributed by atoms with Crippen LogP contribution in [-0.2, 0) is 0 Å².